The van der Waals surface area contributed by atoms with Crippen molar-refractivity contribution >= 4 is 0 Å². The van der Waals surface area contributed by atoms with E-state index in [0.717, 1.165) is 13.0 Å². The quantitative estimate of drug-likeness (QED) is 0.768. The molecule has 0 amide bonds. The molecule has 3 nitrogen and oxygen atoms in total. The summed E-state index contributed by atoms with van der Waals surface area (Å²) in [4.78, 5) is 0. The first kappa shape index (κ1) is 10.3. The minimum Gasteiger partial charge on any atom is -0.313 e. The maximum atomic E-state index is 4.35. The molecule has 13 heavy (non-hydrogen) atoms. The van der Waals surface area contributed by atoms with Crippen molar-refractivity contribution in [1.82, 2.24) is 15.1 Å². The number of hydrogen-bond donors (Lipinski definition) is 1. The summed E-state index contributed by atoms with van der Waals surface area (Å²) in [6.45, 7) is 7.47. The van der Waals surface area contributed by atoms with Crippen LogP contribution in [-0.2, 0) is 6.54 Å². The monoisotopic (exact) mass is 181 g/mol. The third-order valence-corrected chi connectivity index (χ3v) is 2.48. The summed E-state index contributed by atoms with van der Waals surface area (Å²) >= 11 is 0. The summed E-state index contributed by atoms with van der Waals surface area (Å²) < 4.78 is 2.07. The largest absolute Gasteiger partial charge is 0.313 e. The van der Waals surface area contributed by atoms with Crippen LogP contribution < -0.4 is 5.32 Å². The minimum atomic E-state index is 0.394. The Morgan fingerprint density at radius 1 is 1.62 bits per heavy atom. The van der Waals surface area contributed by atoms with Crippen molar-refractivity contribution in [2.75, 3.05) is 7.05 Å². The van der Waals surface area contributed by atoms with Crippen molar-refractivity contribution < 1.29 is 0 Å². The van der Waals surface area contributed by atoms with Gasteiger partial charge < -0.3 is 5.32 Å². The Morgan fingerprint density at radius 2 is 2.31 bits per heavy atom. The number of hydrogen-bond acceptors (Lipinski definition) is 2. The first-order valence-electron chi connectivity index (χ1n) is 4.90. The average molecular weight is 181 g/mol. The highest BCUT2D eigenvalue weighted by molar-refractivity contribution is 5.19. The molecule has 1 unspecified atom stereocenters. The molecule has 1 aromatic rings. The van der Waals surface area contributed by atoms with Crippen LogP contribution in [0.4, 0.5) is 0 Å². The van der Waals surface area contributed by atoms with Gasteiger partial charge in [0.2, 0.25) is 0 Å². The van der Waals surface area contributed by atoms with Crippen molar-refractivity contribution in [2.45, 2.75) is 39.8 Å². The molecular formula is C10H19N3. The molecule has 0 fully saturated rings. The molecule has 1 rings (SSSR count). The van der Waals surface area contributed by atoms with Crippen molar-refractivity contribution in [1.29, 1.82) is 0 Å². The van der Waals surface area contributed by atoms with E-state index in [-0.39, 0.29) is 0 Å². The normalized spacial score (nSPS) is 13.2. The zero-order valence-corrected chi connectivity index (χ0v) is 8.96. The van der Waals surface area contributed by atoms with Crippen molar-refractivity contribution in [3.8, 4) is 0 Å². The second-order valence-corrected chi connectivity index (χ2v) is 3.42. The Balaban J connectivity index is 2.85. The second kappa shape index (κ2) is 4.42. The van der Waals surface area contributed by atoms with Crippen molar-refractivity contribution in [3.63, 3.8) is 0 Å². The minimum absolute atomic E-state index is 0.394. The lowest BCUT2D eigenvalue weighted by Crippen LogP contribution is -2.13. The van der Waals surface area contributed by atoms with Crippen molar-refractivity contribution in [2.24, 2.45) is 0 Å². The van der Waals surface area contributed by atoms with E-state index in [9.17, 15) is 0 Å². The standard InChI is InChI=1S/C10H19N3/c1-5-6-13-9(3)10(7-12-13)8(2)11-4/h7-8,11H,5-6H2,1-4H3. The summed E-state index contributed by atoms with van der Waals surface area (Å²) in [6, 6.07) is 0.394. The number of rotatable bonds is 4. The Morgan fingerprint density at radius 3 is 2.85 bits per heavy atom. The number of aryl methyl sites for hydroxylation is 1. The van der Waals surface area contributed by atoms with E-state index in [1.807, 2.05) is 13.2 Å². The van der Waals surface area contributed by atoms with Gasteiger partial charge in [-0.1, -0.05) is 6.92 Å². The topological polar surface area (TPSA) is 29.9 Å². The van der Waals surface area contributed by atoms with Gasteiger partial charge in [-0.05, 0) is 27.3 Å². The van der Waals surface area contributed by atoms with E-state index < -0.39 is 0 Å². The molecule has 0 bridgehead atoms. The fourth-order valence-corrected chi connectivity index (χ4v) is 1.48. The van der Waals surface area contributed by atoms with Gasteiger partial charge in [0.25, 0.3) is 0 Å². The van der Waals surface area contributed by atoms with Crippen LogP contribution in [0.1, 0.15) is 37.6 Å². The summed E-state index contributed by atoms with van der Waals surface area (Å²) in [5.74, 6) is 0. The molecule has 1 heterocycles. The average Bonchev–Trinajstić information content (AvgIpc) is 2.48. The molecule has 0 aliphatic rings. The van der Waals surface area contributed by atoms with Crippen LogP contribution >= 0.6 is 0 Å². The number of nitrogens with one attached hydrogen (secondary N) is 1. The third-order valence-electron chi connectivity index (χ3n) is 2.48. The molecule has 1 atom stereocenters. The Labute approximate surface area is 80.1 Å². The third kappa shape index (κ3) is 2.10. The fraction of sp³-hybridized carbons (Fsp3) is 0.700. The van der Waals surface area contributed by atoms with Gasteiger partial charge >= 0.3 is 0 Å². The van der Waals surface area contributed by atoms with E-state index >= 15 is 0 Å². The van der Waals surface area contributed by atoms with Gasteiger partial charge in [0.05, 0.1) is 6.20 Å². The van der Waals surface area contributed by atoms with Gasteiger partial charge in [-0.15, -0.1) is 0 Å². The number of aromatic nitrogens is 2. The lowest BCUT2D eigenvalue weighted by Gasteiger charge is -2.09. The molecule has 1 aromatic heterocycles. The van der Waals surface area contributed by atoms with E-state index in [4.69, 9.17) is 0 Å². The Kier molecular flexibility index (Phi) is 3.48. The smallest absolute Gasteiger partial charge is 0.0540 e. The lowest BCUT2D eigenvalue weighted by molar-refractivity contribution is 0.580. The maximum absolute atomic E-state index is 4.35. The van der Waals surface area contributed by atoms with Crippen molar-refractivity contribution in [3.05, 3.63) is 17.5 Å². The molecule has 0 radical (unpaired) electrons. The molecule has 0 spiro atoms. The van der Waals surface area contributed by atoms with Crippen LogP contribution in [-0.4, -0.2) is 16.8 Å². The Hall–Kier alpha value is -0.830. The van der Waals surface area contributed by atoms with Crippen LogP contribution in [0.2, 0.25) is 0 Å². The molecule has 0 saturated carbocycles. The summed E-state index contributed by atoms with van der Waals surface area (Å²) in [5, 5.41) is 7.58. The SMILES string of the molecule is CCCn1ncc(C(C)NC)c1C. The van der Waals surface area contributed by atoms with Crippen LogP contribution in [0.15, 0.2) is 6.20 Å². The number of nitrogens with zero attached hydrogens (tertiary/aromatic N) is 2. The van der Waals surface area contributed by atoms with Gasteiger partial charge in [0.15, 0.2) is 0 Å². The first-order valence-corrected chi connectivity index (χ1v) is 4.90. The van der Waals surface area contributed by atoms with Gasteiger partial charge in [-0.2, -0.15) is 5.10 Å². The molecule has 0 saturated heterocycles. The molecule has 1 N–H and O–H groups in total. The summed E-state index contributed by atoms with van der Waals surface area (Å²) in [6.07, 6.45) is 3.10. The van der Waals surface area contributed by atoms with Crippen LogP contribution in [0, 0.1) is 6.92 Å². The first-order chi connectivity index (χ1) is 6.20. The lowest BCUT2D eigenvalue weighted by atomic mass is 10.1. The summed E-state index contributed by atoms with van der Waals surface area (Å²) in [7, 11) is 1.97. The van der Waals surface area contributed by atoms with Gasteiger partial charge in [0.1, 0.15) is 0 Å². The Bertz CT molecular complexity index is 265. The summed E-state index contributed by atoms with van der Waals surface area (Å²) in [5.41, 5.74) is 2.58. The molecular weight excluding hydrogens is 162 g/mol. The van der Waals surface area contributed by atoms with Crippen LogP contribution in [0.25, 0.3) is 0 Å². The van der Waals surface area contributed by atoms with Gasteiger partial charge in [-0.3, -0.25) is 4.68 Å². The predicted molar refractivity (Wildman–Crippen MR) is 54.7 cm³/mol. The molecule has 0 aliphatic carbocycles. The molecule has 3 heteroatoms. The molecule has 74 valence electrons. The van der Waals surface area contributed by atoms with Gasteiger partial charge in [-0.25, -0.2) is 0 Å². The highest BCUT2D eigenvalue weighted by atomic mass is 15.3. The molecule has 0 aromatic carbocycles. The fourth-order valence-electron chi connectivity index (χ4n) is 1.48. The molecule has 0 aliphatic heterocycles. The van der Waals surface area contributed by atoms with E-state index in [1.54, 1.807) is 0 Å². The zero-order chi connectivity index (χ0) is 9.84. The van der Waals surface area contributed by atoms with E-state index in [1.165, 1.54) is 11.3 Å². The van der Waals surface area contributed by atoms with Crippen LogP contribution in [0.5, 0.6) is 0 Å². The van der Waals surface area contributed by atoms with E-state index in [0.29, 0.717) is 6.04 Å². The predicted octanol–water partition coefficient (Wildman–Crippen LogP) is 1.88. The highest BCUT2D eigenvalue weighted by Gasteiger charge is 2.10. The second-order valence-electron chi connectivity index (χ2n) is 3.42. The van der Waals surface area contributed by atoms with Gasteiger partial charge in [0, 0.05) is 23.8 Å². The van der Waals surface area contributed by atoms with E-state index in [2.05, 4.69) is 35.9 Å². The maximum Gasteiger partial charge on any atom is 0.0540 e. The zero-order valence-electron chi connectivity index (χ0n) is 8.96. The highest BCUT2D eigenvalue weighted by Crippen LogP contribution is 2.16. The van der Waals surface area contributed by atoms with Crippen LogP contribution in [0.3, 0.4) is 0 Å².